The summed E-state index contributed by atoms with van der Waals surface area (Å²) in [5.41, 5.74) is 1.70. The van der Waals surface area contributed by atoms with E-state index < -0.39 is 17.9 Å². The van der Waals surface area contributed by atoms with Gasteiger partial charge in [-0.25, -0.2) is 4.79 Å². The molecule has 1 N–H and O–H groups in total. The molecule has 6 nitrogen and oxygen atoms in total. The van der Waals surface area contributed by atoms with Crippen LogP contribution in [0.3, 0.4) is 0 Å². The van der Waals surface area contributed by atoms with Crippen molar-refractivity contribution in [3.05, 3.63) is 69.4 Å². The van der Waals surface area contributed by atoms with Crippen LogP contribution in [-0.4, -0.2) is 30.9 Å². The molecule has 2 rings (SSSR count). The summed E-state index contributed by atoms with van der Waals surface area (Å²) in [5, 5.41) is 13.9. The van der Waals surface area contributed by atoms with E-state index in [1.807, 2.05) is 0 Å². The smallest absolute Gasteiger partial charge is 0.337 e. The zero-order chi connectivity index (χ0) is 21.4. The average Bonchev–Trinajstić information content (AvgIpc) is 2.70. The number of rotatable bonds is 8. The predicted octanol–water partition coefficient (Wildman–Crippen LogP) is 4.06. The number of dihydropyridines is 1. The molecule has 0 saturated carbocycles. The van der Waals surface area contributed by atoms with Crippen molar-refractivity contribution in [3.8, 4) is 6.07 Å². The highest BCUT2D eigenvalue weighted by Crippen LogP contribution is 2.43. The zero-order valence-electron chi connectivity index (χ0n) is 16.2. The van der Waals surface area contributed by atoms with Gasteiger partial charge in [-0.1, -0.05) is 54.2 Å². The predicted molar refractivity (Wildman–Crippen MR) is 113 cm³/mol. The standard InChI is InChI=1S/C21H21ClN2O4S/c1-4-10-28-21(26)18-13(3)24-20(29-12-17(25)27-5-2)15(11-23)19(18)14-8-6-7-9-16(14)22/h4,6-9,19,24H,1,5,10,12H2,2-3H3/t19-/m0/s1. The van der Waals surface area contributed by atoms with Crippen LogP contribution in [0.5, 0.6) is 0 Å². The second-order valence-electron chi connectivity index (χ2n) is 5.95. The molecule has 0 aromatic heterocycles. The third-order valence-electron chi connectivity index (χ3n) is 4.06. The Kier molecular flexibility index (Phi) is 8.37. The second kappa shape index (κ2) is 10.7. The number of ether oxygens (including phenoxy) is 2. The number of esters is 2. The number of halogens is 1. The van der Waals surface area contributed by atoms with Crippen molar-refractivity contribution in [1.29, 1.82) is 5.26 Å². The van der Waals surface area contributed by atoms with E-state index in [1.165, 1.54) is 6.08 Å². The van der Waals surface area contributed by atoms with Crippen LogP contribution in [0.4, 0.5) is 0 Å². The minimum Gasteiger partial charge on any atom is -0.465 e. The van der Waals surface area contributed by atoms with Crippen LogP contribution >= 0.6 is 23.4 Å². The molecule has 152 valence electrons. The van der Waals surface area contributed by atoms with E-state index in [1.54, 1.807) is 38.1 Å². The topological polar surface area (TPSA) is 88.4 Å². The summed E-state index contributed by atoms with van der Waals surface area (Å²) in [4.78, 5) is 24.5. The molecular formula is C21H21ClN2O4S. The fraction of sp³-hybridized carbons (Fsp3) is 0.286. The highest BCUT2D eigenvalue weighted by Gasteiger charge is 2.36. The number of nitrogens with one attached hydrogen (secondary N) is 1. The van der Waals surface area contributed by atoms with Gasteiger partial charge in [0.2, 0.25) is 0 Å². The molecule has 1 aromatic rings. The lowest BCUT2D eigenvalue weighted by molar-refractivity contribution is -0.140. The third kappa shape index (κ3) is 5.43. The van der Waals surface area contributed by atoms with Gasteiger partial charge in [0.15, 0.2) is 0 Å². The van der Waals surface area contributed by atoms with Crippen LogP contribution in [-0.2, 0) is 19.1 Å². The number of allylic oxidation sites excluding steroid dienone is 2. The van der Waals surface area contributed by atoms with E-state index in [-0.39, 0.29) is 30.1 Å². The SMILES string of the molecule is C=CCOC(=O)C1=C(C)NC(SCC(=O)OCC)=C(C#N)[C@@H]1c1ccccc1Cl. The van der Waals surface area contributed by atoms with Crippen molar-refractivity contribution in [2.45, 2.75) is 19.8 Å². The van der Waals surface area contributed by atoms with Crippen molar-refractivity contribution in [3.63, 3.8) is 0 Å². The Morgan fingerprint density at radius 2 is 2.10 bits per heavy atom. The molecule has 0 fully saturated rings. The van der Waals surface area contributed by atoms with Crippen molar-refractivity contribution in [1.82, 2.24) is 5.32 Å². The maximum absolute atomic E-state index is 12.8. The molecule has 0 amide bonds. The molecule has 1 atom stereocenters. The van der Waals surface area contributed by atoms with E-state index >= 15 is 0 Å². The molecular weight excluding hydrogens is 412 g/mol. The van der Waals surface area contributed by atoms with Crippen molar-refractivity contribution in [2.24, 2.45) is 0 Å². The number of carbonyl (C=O) groups is 2. The van der Waals surface area contributed by atoms with Crippen molar-refractivity contribution >= 4 is 35.3 Å². The lowest BCUT2D eigenvalue weighted by Gasteiger charge is -2.29. The van der Waals surface area contributed by atoms with Crippen LogP contribution < -0.4 is 5.32 Å². The molecule has 0 unspecified atom stereocenters. The van der Waals surface area contributed by atoms with Crippen LogP contribution in [0.25, 0.3) is 0 Å². The Balaban J connectivity index is 2.52. The van der Waals surface area contributed by atoms with Gasteiger partial charge in [-0.05, 0) is 25.5 Å². The normalized spacial score (nSPS) is 16.0. The van der Waals surface area contributed by atoms with Crippen LogP contribution in [0.15, 0.2) is 58.8 Å². The van der Waals surface area contributed by atoms with Crippen molar-refractivity contribution in [2.75, 3.05) is 19.0 Å². The molecule has 1 aliphatic heterocycles. The third-order valence-corrected chi connectivity index (χ3v) is 5.39. The molecule has 0 spiro atoms. The fourth-order valence-electron chi connectivity index (χ4n) is 2.86. The maximum atomic E-state index is 12.8. The quantitative estimate of drug-likeness (QED) is 0.489. The molecule has 29 heavy (non-hydrogen) atoms. The summed E-state index contributed by atoms with van der Waals surface area (Å²) in [6.45, 7) is 7.31. The Labute approximate surface area is 179 Å². The number of hydrogen-bond acceptors (Lipinski definition) is 7. The Bertz CT molecular complexity index is 918. The van der Waals surface area contributed by atoms with Gasteiger partial charge in [-0.3, -0.25) is 4.79 Å². The van der Waals surface area contributed by atoms with Gasteiger partial charge >= 0.3 is 11.9 Å². The zero-order valence-corrected chi connectivity index (χ0v) is 17.7. The van der Waals surface area contributed by atoms with E-state index in [0.717, 1.165) is 11.8 Å². The first-order valence-corrected chi connectivity index (χ1v) is 10.2. The van der Waals surface area contributed by atoms with E-state index in [0.29, 0.717) is 21.3 Å². The fourth-order valence-corrected chi connectivity index (χ4v) is 4.00. The van der Waals surface area contributed by atoms with Crippen LogP contribution in [0.2, 0.25) is 5.02 Å². The lowest BCUT2D eigenvalue weighted by atomic mass is 9.82. The van der Waals surface area contributed by atoms with Crippen LogP contribution in [0.1, 0.15) is 25.3 Å². The van der Waals surface area contributed by atoms with Gasteiger partial charge in [-0.2, -0.15) is 5.26 Å². The first-order chi connectivity index (χ1) is 13.9. The number of thioether (sulfide) groups is 1. The molecule has 1 aromatic carbocycles. The number of nitriles is 1. The molecule has 0 radical (unpaired) electrons. The molecule has 8 heteroatoms. The Morgan fingerprint density at radius 3 is 2.72 bits per heavy atom. The summed E-state index contributed by atoms with van der Waals surface area (Å²) in [7, 11) is 0. The van der Waals surface area contributed by atoms with Gasteiger partial charge in [0.25, 0.3) is 0 Å². The summed E-state index contributed by atoms with van der Waals surface area (Å²) in [5.74, 6) is -1.66. The number of carbonyl (C=O) groups excluding carboxylic acids is 2. The van der Waals surface area contributed by atoms with Crippen LogP contribution in [0, 0.1) is 11.3 Å². The number of benzene rings is 1. The molecule has 0 aliphatic carbocycles. The van der Waals surface area contributed by atoms with Crippen molar-refractivity contribution < 1.29 is 19.1 Å². The van der Waals surface area contributed by atoms with E-state index in [4.69, 9.17) is 21.1 Å². The Hall–Kier alpha value is -2.69. The highest BCUT2D eigenvalue weighted by atomic mass is 35.5. The maximum Gasteiger partial charge on any atom is 0.337 e. The second-order valence-corrected chi connectivity index (χ2v) is 7.35. The summed E-state index contributed by atoms with van der Waals surface area (Å²) in [6.07, 6.45) is 1.47. The average molecular weight is 433 g/mol. The molecule has 0 saturated heterocycles. The largest absolute Gasteiger partial charge is 0.465 e. The molecule has 0 bridgehead atoms. The number of nitrogens with zero attached hydrogens (tertiary/aromatic N) is 1. The molecule has 1 aliphatic rings. The lowest BCUT2D eigenvalue weighted by Crippen LogP contribution is -2.29. The van der Waals surface area contributed by atoms with Gasteiger partial charge < -0.3 is 14.8 Å². The number of hydrogen-bond donors (Lipinski definition) is 1. The van der Waals surface area contributed by atoms with Gasteiger partial charge in [0.05, 0.1) is 40.5 Å². The Morgan fingerprint density at radius 1 is 1.38 bits per heavy atom. The van der Waals surface area contributed by atoms with E-state index in [2.05, 4.69) is 18.0 Å². The summed E-state index contributed by atoms with van der Waals surface area (Å²) in [6, 6.07) is 9.18. The van der Waals surface area contributed by atoms with Gasteiger partial charge in [0, 0.05) is 10.7 Å². The first-order valence-electron chi connectivity index (χ1n) is 8.87. The minimum atomic E-state index is -0.725. The van der Waals surface area contributed by atoms with E-state index in [9.17, 15) is 14.9 Å². The monoisotopic (exact) mass is 432 g/mol. The minimum absolute atomic E-state index is 0.0279. The summed E-state index contributed by atoms with van der Waals surface area (Å²) >= 11 is 7.54. The first kappa shape index (κ1) is 22.6. The van der Waals surface area contributed by atoms with Gasteiger partial charge in [0.1, 0.15) is 6.61 Å². The van der Waals surface area contributed by atoms with Gasteiger partial charge in [-0.15, -0.1) is 0 Å². The highest BCUT2D eigenvalue weighted by molar-refractivity contribution is 8.03. The summed E-state index contributed by atoms with van der Waals surface area (Å²) < 4.78 is 10.2. The molecule has 1 heterocycles.